The van der Waals surface area contributed by atoms with Gasteiger partial charge in [-0.3, -0.25) is 4.79 Å². The first-order valence-electron chi connectivity index (χ1n) is 7.68. The van der Waals surface area contributed by atoms with Gasteiger partial charge in [0.1, 0.15) is 5.15 Å². The molecule has 1 aromatic carbocycles. The Bertz CT molecular complexity index is 915. The summed E-state index contributed by atoms with van der Waals surface area (Å²) < 4.78 is 67.3. The highest BCUT2D eigenvalue weighted by molar-refractivity contribution is 6.30. The third-order valence-electron chi connectivity index (χ3n) is 4.18. The van der Waals surface area contributed by atoms with Crippen molar-refractivity contribution in [3.63, 3.8) is 0 Å². The van der Waals surface area contributed by atoms with Crippen LogP contribution in [-0.4, -0.2) is 16.0 Å². The van der Waals surface area contributed by atoms with Gasteiger partial charge >= 0.3 is 18.0 Å². The van der Waals surface area contributed by atoms with Crippen LogP contribution in [-0.2, 0) is 23.4 Å². The summed E-state index contributed by atoms with van der Waals surface area (Å²) in [7, 11) is 0. The molecule has 0 fully saturated rings. The number of alkyl halides is 5. The van der Waals surface area contributed by atoms with Crippen molar-refractivity contribution in [2.75, 3.05) is 4.90 Å². The van der Waals surface area contributed by atoms with Crippen LogP contribution >= 0.6 is 11.6 Å². The van der Waals surface area contributed by atoms with E-state index in [1.54, 1.807) is 0 Å². The Hall–Kier alpha value is -2.26. The maximum atomic E-state index is 14.5. The number of aliphatic hydroxyl groups excluding tert-OH is 1. The molecule has 1 amide bonds. The minimum atomic E-state index is -4.71. The summed E-state index contributed by atoms with van der Waals surface area (Å²) in [5.74, 6) is -5.43. The summed E-state index contributed by atoms with van der Waals surface area (Å²) in [6, 6.07) is 5.59. The molecule has 0 aliphatic carbocycles. The first-order chi connectivity index (χ1) is 12.4. The number of amides is 1. The Labute approximate surface area is 155 Å². The molecule has 10 heteroatoms. The van der Waals surface area contributed by atoms with Crippen LogP contribution in [0.5, 0.6) is 0 Å². The number of aromatic nitrogens is 1. The summed E-state index contributed by atoms with van der Waals surface area (Å²) in [6.07, 6.45) is -5.95. The minimum absolute atomic E-state index is 0.0903. The summed E-state index contributed by atoms with van der Waals surface area (Å²) in [5.41, 5.74) is -2.12. The second-order valence-electron chi connectivity index (χ2n) is 6.02. The van der Waals surface area contributed by atoms with E-state index >= 15 is 0 Å². The van der Waals surface area contributed by atoms with Crippen LogP contribution in [0.4, 0.5) is 27.6 Å². The lowest BCUT2D eigenvalue weighted by atomic mass is 9.98. The van der Waals surface area contributed by atoms with Crippen molar-refractivity contribution < 1.29 is 31.9 Å². The van der Waals surface area contributed by atoms with E-state index in [9.17, 15) is 31.9 Å². The number of halogens is 6. The lowest BCUT2D eigenvalue weighted by Gasteiger charge is -2.18. The molecule has 0 saturated heterocycles. The molecule has 144 valence electrons. The van der Waals surface area contributed by atoms with Gasteiger partial charge in [-0.2, -0.15) is 22.0 Å². The van der Waals surface area contributed by atoms with Gasteiger partial charge in [0.2, 0.25) is 0 Å². The summed E-state index contributed by atoms with van der Waals surface area (Å²) in [5, 5.41) is 8.89. The van der Waals surface area contributed by atoms with E-state index in [4.69, 9.17) is 11.6 Å². The average Bonchev–Trinajstić information content (AvgIpc) is 2.75. The number of rotatable bonds is 3. The predicted molar refractivity (Wildman–Crippen MR) is 86.4 cm³/mol. The van der Waals surface area contributed by atoms with Gasteiger partial charge in [-0.05, 0) is 30.7 Å². The second-order valence-corrected chi connectivity index (χ2v) is 6.38. The topological polar surface area (TPSA) is 53.4 Å². The largest absolute Gasteiger partial charge is 0.419 e. The first kappa shape index (κ1) is 19.5. The molecule has 0 saturated carbocycles. The fourth-order valence-corrected chi connectivity index (χ4v) is 3.23. The zero-order chi connectivity index (χ0) is 20.1. The third kappa shape index (κ3) is 3.25. The third-order valence-corrected chi connectivity index (χ3v) is 4.46. The molecule has 0 unspecified atom stereocenters. The minimum Gasteiger partial charge on any atom is -0.389 e. The Morgan fingerprint density at radius 2 is 1.93 bits per heavy atom. The summed E-state index contributed by atoms with van der Waals surface area (Å²) in [4.78, 5) is 16.5. The molecular weight excluding hydrogens is 395 g/mol. The van der Waals surface area contributed by atoms with E-state index in [-0.39, 0.29) is 16.9 Å². The molecule has 1 aliphatic heterocycles. The van der Waals surface area contributed by atoms with Gasteiger partial charge in [0.15, 0.2) is 0 Å². The van der Waals surface area contributed by atoms with Crippen molar-refractivity contribution in [3.8, 4) is 0 Å². The second kappa shape index (κ2) is 6.42. The van der Waals surface area contributed by atoms with E-state index in [1.165, 1.54) is 25.1 Å². The molecular formula is C17H12ClF5N2O2. The molecule has 1 aromatic heterocycles. The summed E-state index contributed by atoms with van der Waals surface area (Å²) >= 11 is 5.54. The molecule has 2 aromatic rings. The molecule has 1 N–H and O–H groups in total. The van der Waals surface area contributed by atoms with E-state index in [2.05, 4.69) is 4.98 Å². The number of pyridine rings is 1. The maximum Gasteiger partial charge on any atom is 0.419 e. The van der Waals surface area contributed by atoms with Crippen molar-refractivity contribution in [3.05, 3.63) is 57.9 Å². The molecule has 4 nitrogen and oxygen atoms in total. The van der Waals surface area contributed by atoms with Crippen LogP contribution in [0.15, 0.2) is 30.3 Å². The molecule has 1 aliphatic rings. The quantitative estimate of drug-likeness (QED) is 0.605. The fourth-order valence-electron chi connectivity index (χ4n) is 2.95. The van der Waals surface area contributed by atoms with Gasteiger partial charge in [0, 0.05) is 0 Å². The van der Waals surface area contributed by atoms with Gasteiger partial charge in [-0.25, -0.2) is 4.98 Å². The number of benzene rings is 1. The van der Waals surface area contributed by atoms with E-state index < -0.39 is 46.9 Å². The standard InChI is InChI=1S/C17H12ClF5N2O2/c1-8(26)10-3-2-4-12-13(10)16(19,20)15(27)25(12)7-9-5-6-11(14(18)24-9)17(21,22)23/h2-6,8,26H,7H2,1H3/t8-/m0/s1. The van der Waals surface area contributed by atoms with E-state index in [1.807, 2.05) is 0 Å². The van der Waals surface area contributed by atoms with Crippen molar-refractivity contribution in [1.82, 2.24) is 4.98 Å². The van der Waals surface area contributed by atoms with Crippen molar-refractivity contribution >= 4 is 23.2 Å². The van der Waals surface area contributed by atoms with Gasteiger partial charge < -0.3 is 10.0 Å². The number of fused-ring (bicyclic) bond motifs is 1. The van der Waals surface area contributed by atoms with Gasteiger partial charge in [0.05, 0.1) is 35.2 Å². The molecule has 0 spiro atoms. The lowest BCUT2D eigenvalue weighted by molar-refractivity contribution is -0.142. The number of carbonyl (C=O) groups is 1. The molecule has 3 rings (SSSR count). The fraction of sp³-hybridized carbons (Fsp3) is 0.294. The summed E-state index contributed by atoms with van der Waals surface area (Å²) in [6.45, 7) is 0.790. The number of anilines is 1. The Morgan fingerprint density at radius 1 is 1.26 bits per heavy atom. The Balaban J connectivity index is 2.02. The van der Waals surface area contributed by atoms with Crippen LogP contribution in [0.3, 0.4) is 0 Å². The van der Waals surface area contributed by atoms with Gasteiger partial charge in [-0.1, -0.05) is 23.7 Å². The smallest absolute Gasteiger partial charge is 0.389 e. The van der Waals surface area contributed by atoms with Gasteiger partial charge in [0.25, 0.3) is 0 Å². The monoisotopic (exact) mass is 406 g/mol. The number of hydrogen-bond acceptors (Lipinski definition) is 3. The molecule has 27 heavy (non-hydrogen) atoms. The maximum absolute atomic E-state index is 14.5. The van der Waals surface area contributed by atoms with Crippen molar-refractivity contribution in [1.29, 1.82) is 0 Å². The highest BCUT2D eigenvalue weighted by Crippen LogP contribution is 2.48. The number of nitrogens with zero attached hydrogens (tertiary/aromatic N) is 2. The van der Waals surface area contributed by atoms with Gasteiger partial charge in [-0.15, -0.1) is 0 Å². The van der Waals surface area contributed by atoms with Crippen molar-refractivity contribution in [2.45, 2.75) is 31.7 Å². The van der Waals surface area contributed by atoms with E-state index in [0.29, 0.717) is 11.0 Å². The van der Waals surface area contributed by atoms with Crippen molar-refractivity contribution in [2.24, 2.45) is 0 Å². The molecule has 1 atom stereocenters. The number of aliphatic hydroxyl groups is 1. The number of hydrogen-bond donors (Lipinski definition) is 1. The predicted octanol–water partition coefficient (Wildman–Crippen LogP) is 4.45. The molecule has 2 heterocycles. The zero-order valence-electron chi connectivity index (χ0n) is 13.7. The normalized spacial score (nSPS) is 17.2. The Morgan fingerprint density at radius 3 is 2.48 bits per heavy atom. The lowest BCUT2D eigenvalue weighted by Crippen LogP contribution is -2.34. The zero-order valence-corrected chi connectivity index (χ0v) is 14.4. The first-order valence-corrected chi connectivity index (χ1v) is 8.06. The van der Waals surface area contributed by atoms with Crippen LogP contribution < -0.4 is 4.90 Å². The highest BCUT2D eigenvalue weighted by atomic mass is 35.5. The van der Waals surface area contributed by atoms with Crippen LogP contribution in [0.25, 0.3) is 0 Å². The van der Waals surface area contributed by atoms with Crippen LogP contribution in [0.2, 0.25) is 5.15 Å². The molecule has 0 radical (unpaired) electrons. The number of carbonyl (C=O) groups excluding carboxylic acids is 1. The SMILES string of the molecule is C[C@H](O)c1cccc2c1C(F)(F)C(=O)N2Cc1ccc(C(F)(F)F)c(Cl)n1. The average molecular weight is 407 g/mol. The Kier molecular flexibility index (Phi) is 4.63. The van der Waals surface area contributed by atoms with E-state index in [0.717, 1.165) is 6.07 Å². The molecule has 0 bridgehead atoms. The van der Waals surface area contributed by atoms with Crippen LogP contribution in [0, 0.1) is 0 Å². The highest BCUT2D eigenvalue weighted by Gasteiger charge is 2.54. The van der Waals surface area contributed by atoms with Crippen LogP contribution in [0.1, 0.15) is 35.4 Å².